The van der Waals surface area contributed by atoms with E-state index in [4.69, 9.17) is 14.5 Å². The number of aliphatic carboxylic acids is 1. The van der Waals surface area contributed by atoms with Gasteiger partial charge in [0.15, 0.2) is 0 Å². The van der Waals surface area contributed by atoms with Crippen LogP contribution >= 0.6 is 0 Å². The van der Waals surface area contributed by atoms with Crippen molar-refractivity contribution in [2.45, 2.75) is 77.0 Å². The molecule has 0 amide bonds. The minimum atomic E-state index is -0.971. The number of ether oxygens (including phenoxy) is 2. The number of nitrogens with one attached hydrogen (secondary N) is 1. The van der Waals surface area contributed by atoms with Crippen LogP contribution in [-0.2, 0) is 27.1 Å². The second-order valence-corrected chi connectivity index (χ2v) is 11.8. The van der Waals surface area contributed by atoms with Gasteiger partial charge in [-0.25, -0.2) is 9.37 Å². The molecule has 3 atom stereocenters. The van der Waals surface area contributed by atoms with E-state index in [9.17, 15) is 14.3 Å². The van der Waals surface area contributed by atoms with Gasteiger partial charge in [0.2, 0.25) is 0 Å². The Bertz CT molecular complexity index is 1140. The molecule has 2 saturated heterocycles. The summed E-state index contributed by atoms with van der Waals surface area (Å²) in [7, 11) is 0. The molecule has 5 rings (SSSR count). The minimum Gasteiger partial charge on any atom is -0.480 e. The Kier molecular flexibility index (Phi) is 8.31. The fourth-order valence-electron chi connectivity index (χ4n) is 6.00. The summed E-state index contributed by atoms with van der Waals surface area (Å²) in [6, 6.07) is 7.87. The zero-order valence-corrected chi connectivity index (χ0v) is 22.5. The minimum absolute atomic E-state index is 0.00841. The van der Waals surface area contributed by atoms with E-state index in [1.54, 1.807) is 6.07 Å². The van der Waals surface area contributed by atoms with Crippen molar-refractivity contribution >= 4 is 11.8 Å². The van der Waals surface area contributed by atoms with Crippen molar-refractivity contribution in [1.29, 1.82) is 0 Å². The van der Waals surface area contributed by atoms with Gasteiger partial charge >= 0.3 is 5.97 Å². The van der Waals surface area contributed by atoms with Gasteiger partial charge in [-0.3, -0.25) is 9.69 Å². The Morgan fingerprint density at radius 3 is 2.97 bits per heavy atom. The lowest BCUT2D eigenvalue weighted by atomic mass is 9.86. The molecule has 1 aromatic carbocycles. The monoisotopic (exact) mass is 525 g/mol. The molecular formula is C30H40FN3O4. The molecule has 2 aromatic rings. The number of unbranched alkanes of at least 4 members (excludes halogenated alkanes) is 1. The Morgan fingerprint density at radius 1 is 1.32 bits per heavy atom. The average molecular weight is 526 g/mol. The zero-order chi connectivity index (χ0) is 26.7. The van der Waals surface area contributed by atoms with Gasteiger partial charge in [-0.15, -0.1) is 0 Å². The first-order valence-corrected chi connectivity index (χ1v) is 14.0. The smallest absolute Gasteiger partial charge is 0.325 e. The van der Waals surface area contributed by atoms with Crippen molar-refractivity contribution in [2.75, 3.05) is 38.2 Å². The Hall–Kier alpha value is -2.55. The SMILES string of the molecule is CC1(C)CO[C@@H](c2ccc(F)cc2[C@@H](C(=O)O)N2CC[C@@H](OCCCCc3ccc4c(n3)NCCC4)C2)C1. The largest absolute Gasteiger partial charge is 0.480 e. The number of benzene rings is 1. The van der Waals surface area contributed by atoms with Crippen LogP contribution in [0.5, 0.6) is 0 Å². The topological polar surface area (TPSA) is 83.9 Å². The van der Waals surface area contributed by atoms with E-state index in [2.05, 4.69) is 31.3 Å². The van der Waals surface area contributed by atoms with Gasteiger partial charge in [-0.1, -0.05) is 26.0 Å². The molecule has 4 heterocycles. The summed E-state index contributed by atoms with van der Waals surface area (Å²) in [5.74, 6) is -0.362. The standard InChI is InChI=1S/C30H40FN3O4/c1-30(2)17-26(38-19-30)24-11-9-21(31)16-25(24)27(29(35)36)34-14-12-23(18-34)37-15-4-3-7-22-10-8-20-6-5-13-32-28(20)33-22/h8-11,16,23,26-27H,3-7,12-15,17-19H2,1-2H3,(H,32,33)(H,35,36)/t23-,26-,27+/m1/s1. The Balaban J connectivity index is 1.14. The number of aryl methyl sites for hydroxylation is 2. The molecule has 2 N–H and O–H groups in total. The van der Waals surface area contributed by atoms with Gasteiger partial charge in [-0.05, 0) is 85.3 Å². The molecule has 0 bridgehead atoms. The molecule has 0 spiro atoms. The third-order valence-corrected chi connectivity index (χ3v) is 8.01. The van der Waals surface area contributed by atoms with Crippen LogP contribution < -0.4 is 5.32 Å². The highest BCUT2D eigenvalue weighted by atomic mass is 19.1. The highest BCUT2D eigenvalue weighted by Crippen LogP contribution is 2.43. The normalized spacial score (nSPS) is 23.7. The van der Waals surface area contributed by atoms with Crippen molar-refractivity contribution in [3.63, 3.8) is 0 Å². The first-order chi connectivity index (χ1) is 18.3. The number of hydrogen-bond acceptors (Lipinski definition) is 6. The average Bonchev–Trinajstić information content (AvgIpc) is 3.49. The second-order valence-electron chi connectivity index (χ2n) is 11.8. The predicted molar refractivity (Wildman–Crippen MR) is 144 cm³/mol. The molecule has 0 unspecified atom stereocenters. The maximum atomic E-state index is 14.3. The van der Waals surface area contributed by atoms with Crippen molar-refractivity contribution in [1.82, 2.24) is 9.88 Å². The summed E-state index contributed by atoms with van der Waals surface area (Å²) >= 11 is 0. The fraction of sp³-hybridized carbons (Fsp3) is 0.600. The zero-order valence-electron chi connectivity index (χ0n) is 22.5. The van der Waals surface area contributed by atoms with Crippen LogP contribution in [-0.4, -0.2) is 59.9 Å². The molecule has 3 aliphatic heterocycles. The summed E-state index contributed by atoms with van der Waals surface area (Å²) in [4.78, 5) is 19.1. The number of rotatable bonds is 10. The number of anilines is 1. The molecule has 2 fully saturated rings. The quantitative estimate of drug-likeness (QED) is 0.407. The number of pyridine rings is 1. The first-order valence-electron chi connectivity index (χ1n) is 14.0. The number of fused-ring (bicyclic) bond motifs is 1. The highest BCUT2D eigenvalue weighted by Gasteiger charge is 2.39. The lowest BCUT2D eigenvalue weighted by molar-refractivity contribution is -0.143. The molecule has 3 aliphatic rings. The van der Waals surface area contributed by atoms with E-state index in [1.165, 1.54) is 17.7 Å². The molecule has 0 radical (unpaired) electrons. The van der Waals surface area contributed by atoms with Crippen molar-refractivity contribution in [2.24, 2.45) is 5.41 Å². The maximum absolute atomic E-state index is 14.3. The number of halogens is 1. The van der Waals surface area contributed by atoms with Gasteiger partial charge in [0.25, 0.3) is 0 Å². The van der Waals surface area contributed by atoms with Crippen LogP contribution in [0, 0.1) is 11.2 Å². The van der Waals surface area contributed by atoms with Gasteiger partial charge in [-0.2, -0.15) is 0 Å². The Labute approximate surface area is 224 Å². The van der Waals surface area contributed by atoms with Crippen LogP contribution in [0.15, 0.2) is 30.3 Å². The number of carboxylic acid groups (broad SMARTS) is 1. The Morgan fingerprint density at radius 2 is 2.18 bits per heavy atom. The predicted octanol–water partition coefficient (Wildman–Crippen LogP) is 5.31. The number of carbonyl (C=O) groups is 1. The fourth-order valence-corrected chi connectivity index (χ4v) is 6.00. The lowest BCUT2D eigenvalue weighted by Crippen LogP contribution is -2.34. The summed E-state index contributed by atoms with van der Waals surface area (Å²) in [6.45, 7) is 7.61. The molecule has 8 heteroatoms. The summed E-state index contributed by atoms with van der Waals surface area (Å²) in [5, 5.41) is 13.6. The van der Waals surface area contributed by atoms with Crippen LogP contribution in [0.2, 0.25) is 0 Å². The molecular weight excluding hydrogens is 485 g/mol. The number of likely N-dealkylation sites (tertiary alicyclic amines) is 1. The third kappa shape index (κ3) is 6.35. The molecule has 0 aliphatic carbocycles. The first kappa shape index (κ1) is 27.0. The van der Waals surface area contributed by atoms with Crippen molar-refractivity contribution in [3.8, 4) is 0 Å². The van der Waals surface area contributed by atoms with Gasteiger partial charge < -0.3 is 19.9 Å². The number of hydrogen-bond donors (Lipinski definition) is 2. The number of nitrogens with zero attached hydrogens (tertiary/aromatic N) is 2. The maximum Gasteiger partial charge on any atom is 0.325 e. The number of aromatic nitrogens is 1. The van der Waals surface area contributed by atoms with Crippen molar-refractivity contribution in [3.05, 3.63) is 58.5 Å². The van der Waals surface area contributed by atoms with Gasteiger partial charge in [0.1, 0.15) is 17.7 Å². The molecule has 38 heavy (non-hydrogen) atoms. The van der Waals surface area contributed by atoms with Crippen LogP contribution in [0.3, 0.4) is 0 Å². The molecule has 1 aromatic heterocycles. The van der Waals surface area contributed by atoms with Crippen LogP contribution in [0.1, 0.15) is 80.5 Å². The van der Waals surface area contributed by atoms with Gasteiger partial charge in [0.05, 0.1) is 18.8 Å². The van der Waals surface area contributed by atoms with Gasteiger partial charge in [0, 0.05) is 31.9 Å². The van der Waals surface area contributed by atoms with E-state index in [0.717, 1.165) is 68.6 Å². The molecule has 7 nitrogen and oxygen atoms in total. The van der Waals surface area contributed by atoms with E-state index < -0.39 is 17.8 Å². The molecule has 206 valence electrons. The lowest BCUT2D eigenvalue weighted by Gasteiger charge is -2.28. The second kappa shape index (κ2) is 11.7. The summed E-state index contributed by atoms with van der Waals surface area (Å²) in [5.41, 5.74) is 3.69. The van der Waals surface area contributed by atoms with E-state index >= 15 is 0 Å². The number of carboxylic acids is 1. The summed E-state index contributed by atoms with van der Waals surface area (Å²) in [6.07, 6.45) is 6.38. The van der Waals surface area contributed by atoms with E-state index in [0.29, 0.717) is 31.9 Å². The van der Waals surface area contributed by atoms with E-state index in [1.807, 2.05) is 4.90 Å². The summed E-state index contributed by atoms with van der Waals surface area (Å²) < 4.78 is 26.5. The van der Waals surface area contributed by atoms with Crippen LogP contribution in [0.25, 0.3) is 0 Å². The highest BCUT2D eigenvalue weighted by molar-refractivity contribution is 5.76. The van der Waals surface area contributed by atoms with E-state index in [-0.39, 0.29) is 17.6 Å². The van der Waals surface area contributed by atoms with Crippen molar-refractivity contribution < 1.29 is 23.8 Å². The molecule has 0 saturated carbocycles. The van der Waals surface area contributed by atoms with Crippen LogP contribution in [0.4, 0.5) is 10.2 Å². The third-order valence-electron chi connectivity index (χ3n) is 8.01.